The van der Waals surface area contributed by atoms with E-state index in [1.807, 2.05) is 4.90 Å². The summed E-state index contributed by atoms with van der Waals surface area (Å²) in [6.45, 7) is 1.44. The summed E-state index contributed by atoms with van der Waals surface area (Å²) in [5, 5.41) is 13.6. The Balaban J connectivity index is 1.58. The van der Waals surface area contributed by atoms with Crippen LogP contribution in [0, 0.1) is 11.7 Å². The van der Waals surface area contributed by atoms with Gasteiger partial charge in [0.15, 0.2) is 0 Å². The van der Waals surface area contributed by atoms with Crippen molar-refractivity contribution in [1.82, 2.24) is 10.3 Å². The van der Waals surface area contributed by atoms with Gasteiger partial charge in [0.1, 0.15) is 11.6 Å². The van der Waals surface area contributed by atoms with E-state index in [2.05, 4.69) is 10.3 Å². The highest BCUT2D eigenvalue weighted by atomic mass is 19.1. The molecule has 3 rings (SSSR count). The lowest BCUT2D eigenvalue weighted by Gasteiger charge is -2.40. The highest BCUT2D eigenvalue weighted by Crippen LogP contribution is 2.27. The standard InChI is InChI=1S/C16H22FN3O2/c17-13-5-6-14(18-9-13)20-8-2-7-16(22,11-20)10-19-15(21)12-3-1-4-12/h5-6,9,12,22H,1-4,7-8,10-11H2,(H,19,21). The van der Waals surface area contributed by atoms with Gasteiger partial charge in [0.25, 0.3) is 0 Å². The molecule has 0 radical (unpaired) electrons. The lowest BCUT2D eigenvalue weighted by atomic mass is 9.84. The highest BCUT2D eigenvalue weighted by molar-refractivity contribution is 5.79. The third-order valence-corrected chi connectivity index (χ3v) is 4.66. The quantitative estimate of drug-likeness (QED) is 0.884. The number of anilines is 1. The van der Waals surface area contributed by atoms with E-state index in [1.54, 1.807) is 6.07 Å². The van der Waals surface area contributed by atoms with Gasteiger partial charge >= 0.3 is 0 Å². The minimum atomic E-state index is -0.951. The van der Waals surface area contributed by atoms with E-state index < -0.39 is 5.60 Å². The van der Waals surface area contributed by atoms with Crippen LogP contribution in [0.25, 0.3) is 0 Å². The predicted molar refractivity (Wildman–Crippen MR) is 80.9 cm³/mol. The van der Waals surface area contributed by atoms with Crippen molar-refractivity contribution in [2.45, 2.75) is 37.7 Å². The van der Waals surface area contributed by atoms with E-state index in [0.717, 1.165) is 32.2 Å². The highest BCUT2D eigenvalue weighted by Gasteiger charge is 2.35. The first-order chi connectivity index (χ1) is 10.6. The normalized spacial score (nSPS) is 25.6. The number of aliphatic hydroxyl groups is 1. The Morgan fingerprint density at radius 1 is 1.45 bits per heavy atom. The SMILES string of the molecule is O=C(NCC1(O)CCCN(c2ccc(F)cn2)C1)C1CCC1. The summed E-state index contributed by atoms with van der Waals surface area (Å²) < 4.78 is 13.0. The molecule has 5 nitrogen and oxygen atoms in total. The Hall–Kier alpha value is -1.69. The maximum Gasteiger partial charge on any atom is 0.223 e. The van der Waals surface area contributed by atoms with Crippen LogP contribution in [0.1, 0.15) is 32.1 Å². The van der Waals surface area contributed by atoms with Crippen molar-refractivity contribution in [3.8, 4) is 0 Å². The number of hydrogen-bond acceptors (Lipinski definition) is 4. The van der Waals surface area contributed by atoms with E-state index in [-0.39, 0.29) is 24.2 Å². The summed E-state index contributed by atoms with van der Waals surface area (Å²) >= 11 is 0. The molecule has 0 aromatic carbocycles. The Kier molecular flexibility index (Phi) is 4.29. The fourth-order valence-electron chi connectivity index (χ4n) is 3.07. The minimum Gasteiger partial charge on any atom is -0.386 e. The molecule has 1 saturated heterocycles. The summed E-state index contributed by atoms with van der Waals surface area (Å²) in [6.07, 6.45) is 5.67. The van der Waals surface area contributed by atoms with Gasteiger partial charge in [-0.3, -0.25) is 4.79 Å². The number of halogens is 1. The summed E-state index contributed by atoms with van der Waals surface area (Å²) in [6, 6.07) is 2.99. The number of nitrogens with zero attached hydrogens (tertiary/aromatic N) is 2. The molecule has 0 spiro atoms. The number of β-amino-alcohol motifs (C(OH)–C–C–N with tert-alkyl or cyclic N) is 1. The van der Waals surface area contributed by atoms with Gasteiger partial charge in [0.05, 0.1) is 11.8 Å². The molecule has 6 heteroatoms. The molecule has 1 amide bonds. The maximum atomic E-state index is 13.0. The van der Waals surface area contributed by atoms with Crippen molar-refractivity contribution in [1.29, 1.82) is 0 Å². The Bertz CT molecular complexity index is 533. The molecule has 1 atom stereocenters. The second-order valence-electron chi connectivity index (χ2n) is 6.43. The van der Waals surface area contributed by atoms with E-state index in [4.69, 9.17) is 0 Å². The van der Waals surface area contributed by atoms with E-state index in [9.17, 15) is 14.3 Å². The van der Waals surface area contributed by atoms with Crippen LogP contribution >= 0.6 is 0 Å². The number of piperidine rings is 1. The summed E-state index contributed by atoms with van der Waals surface area (Å²) in [7, 11) is 0. The number of amides is 1. The average molecular weight is 307 g/mol. The second kappa shape index (κ2) is 6.20. The first kappa shape index (κ1) is 15.2. The molecule has 1 saturated carbocycles. The summed E-state index contributed by atoms with van der Waals surface area (Å²) in [5.74, 6) is 0.465. The molecular weight excluding hydrogens is 285 g/mol. The van der Waals surface area contributed by atoms with Gasteiger partial charge in [-0.1, -0.05) is 6.42 Å². The van der Waals surface area contributed by atoms with Gasteiger partial charge in [0, 0.05) is 25.6 Å². The molecular formula is C16H22FN3O2. The lowest BCUT2D eigenvalue weighted by molar-refractivity contribution is -0.128. The first-order valence-corrected chi connectivity index (χ1v) is 7.92. The Morgan fingerprint density at radius 2 is 2.27 bits per heavy atom. The summed E-state index contributed by atoms with van der Waals surface area (Å²) in [4.78, 5) is 17.9. The van der Waals surface area contributed by atoms with Gasteiger partial charge < -0.3 is 15.3 Å². The molecule has 120 valence electrons. The number of pyridine rings is 1. The Morgan fingerprint density at radius 3 is 2.91 bits per heavy atom. The predicted octanol–water partition coefficient (Wildman–Crippen LogP) is 1.47. The third-order valence-electron chi connectivity index (χ3n) is 4.66. The number of rotatable bonds is 4. The van der Waals surface area contributed by atoms with Crippen LogP contribution in [0.15, 0.2) is 18.3 Å². The van der Waals surface area contributed by atoms with Gasteiger partial charge in [-0.25, -0.2) is 9.37 Å². The molecule has 1 aliphatic heterocycles. The average Bonchev–Trinajstić information content (AvgIpc) is 2.44. The van der Waals surface area contributed by atoms with Gasteiger partial charge in [-0.2, -0.15) is 0 Å². The number of carbonyl (C=O) groups excluding carboxylic acids is 1. The van der Waals surface area contributed by atoms with E-state index >= 15 is 0 Å². The molecule has 2 heterocycles. The molecule has 2 fully saturated rings. The number of hydrogen-bond donors (Lipinski definition) is 2. The van der Waals surface area contributed by atoms with Crippen LogP contribution in [0.4, 0.5) is 10.2 Å². The fourth-order valence-corrected chi connectivity index (χ4v) is 3.07. The van der Waals surface area contributed by atoms with E-state index in [1.165, 1.54) is 12.3 Å². The van der Waals surface area contributed by atoms with Crippen molar-refractivity contribution in [3.63, 3.8) is 0 Å². The van der Waals surface area contributed by atoms with Crippen LogP contribution in [0.3, 0.4) is 0 Å². The minimum absolute atomic E-state index is 0.0525. The van der Waals surface area contributed by atoms with E-state index in [0.29, 0.717) is 18.8 Å². The molecule has 1 unspecified atom stereocenters. The fraction of sp³-hybridized carbons (Fsp3) is 0.625. The zero-order chi connectivity index (χ0) is 15.6. The van der Waals surface area contributed by atoms with Crippen molar-refractivity contribution >= 4 is 11.7 Å². The van der Waals surface area contributed by atoms with Gasteiger partial charge in [0.2, 0.25) is 5.91 Å². The molecule has 2 aliphatic rings. The molecule has 0 bridgehead atoms. The molecule has 2 N–H and O–H groups in total. The smallest absolute Gasteiger partial charge is 0.223 e. The van der Waals surface area contributed by atoms with Crippen molar-refractivity contribution in [2.75, 3.05) is 24.5 Å². The van der Waals surface area contributed by atoms with Crippen LogP contribution in [-0.2, 0) is 4.79 Å². The molecule has 1 aromatic heterocycles. The van der Waals surface area contributed by atoms with Crippen LogP contribution in [0.2, 0.25) is 0 Å². The largest absolute Gasteiger partial charge is 0.386 e. The van der Waals surface area contributed by atoms with Crippen LogP contribution < -0.4 is 10.2 Å². The van der Waals surface area contributed by atoms with Crippen LogP contribution in [-0.4, -0.2) is 41.2 Å². The summed E-state index contributed by atoms with van der Waals surface area (Å²) in [5.41, 5.74) is -0.951. The maximum absolute atomic E-state index is 13.0. The number of carbonyl (C=O) groups is 1. The monoisotopic (exact) mass is 307 g/mol. The van der Waals surface area contributed by atoms with Gasteiger partial charge in [-0.15, -0.1) is 0 Å². The second-order valence-corrected chi connectivity index (χ2v) is 6.43. The van der Waals surface area contributed by atoms with Crippen molar-refractivity contribution in [2.24, 2.45) is 5.92 Å². The molecule has 1 aliphatic carbocycles. The topological polar surface area (TPSA) is 65.5 Å². The number of aromatic nitrogens is 1. The van der Waals surface area contributed by atoms with Crippen molar-refractivity contribution in [3.05, 3.63) is 24.1 Å². The zero-order valence-corrected chi connectivity index (χ0v) is 12.6. The van der Waals surface area contributed by atoms with Crippen LogP contribution in [0.5, 0.6) is 0 Å². The number of nitrogens with one attached hydrogen (secondary N) is 1. The molecule has 22 heavy (non-hydrogen) atoms. The third kappa shape index (κ3) is 3.38. The first-order valence-electron chi connectivity index (χ1n) is 7.92. The van der Waals surface area contributed by atoms with Gasteiger partial charge in [-0.05, 0) is 37.8 Å². The zero-order valence-electron chi connectivity index (χ0n) is 12.6. The Labute approximate surface area is 129 Å². The lowest BCUT2D eigenvalue weighted by Crippen LogP contribution is -2.55. The molecule has 1 aromatic rings. The van der Waals surface area contributed by atoms with Crippen molar-refractivity contribution < 1.29 is 14.3 Å².